The number of hydrogen-bond donors (Lipinski definition) is 1. The largest absolute Gasteiger partial charge is 0.399 e. The van der Waals surface area contributed by atoms with Gasteiger partial charge in [-0.05, 0) is 24.3 Å². The molecule has 76 valence electrons. The van der Waals surface area contributed by atoms with Gasteiger partial charge in [-0.2, -0.15) is 0 Å². The number of hydrogen-bond acceptors (Lipinski definition) is 4. The molecule has 0 saturated carbocycles. The van der Waals surface area contributed by atoms with Crippen LogP contribution in [-0.2, 0) is 0 Å². The second-order valence-corrected chi connectivity index (χ2v) is 3.90. The average Bonchev–Trinajstić information content (AvgIpc) is 2.24. The van der Waals surface area contributed by atoms with E-state index in [2.05, 4.69) is 9.97 Å². The smallest absolute Gasteiger partial charge is 0.139 e. The van der Waals surface area contributed by atoms with E-state index < -0.39 is 0 Å². The number of rotatable bonds is 2. The van der Waals surface area contributed by atoms with E-state index in [-0.39, 0.29) is 5.82 Å². The molecule has 5 heteroatoms. The molecule has 1 aromatic carbocycles. The van der Waals surface area contributed by atoms with Crippen molar-refractivity contribution in [3.05, 3.63) is 42.6 Å². The van der Waals surface area contributed by atoms with E-state index >= 15 is 0 Å². The van der Waals surface area contributed by atoms with E-state index in [0.29, 0.717) is 15.6 Å². The molecular weight excluding hydrogens is 213 g/mol. The van der Waals surface area contributed by atoms with Crippen molar-refractivity contribution in [3.63, 3.8) is 0 Å². The molecule has 2 aromatic rings. The van der Waals surface area contributed by atoms with Crippen LogP contribution in [0.25, 0.3) is 0 Å². The van der Waals surface area contributed by atoms with Crippen LogP contribution in [0, 0.1) is 5.82 Å². The molecule has 0 aliphatic heterocycles. The minimum absolute atomic E-state index is 0.335. The highest BCUT2D eigenvalue weighted by Crippen LogP contribution is 2.28. The Balaban J connectivity index is 2.25. The van der Waals surface area contributed by atoms with Gasteiger partial charge in [-0.1, -0.05) is 11.8 Å². The fraction of sp³-hybridized carbons (Fsp3) is 0. The van der Waals surface area contributed by atoms with Crippen LogP contribution in [0.2, 0.25) is 0 Å². The van der Waals surface area contributed by atoms with E-state index in [9.17, 15) is 4.39 Å². The van der Waals surface area contributed by atoms with Gasteiger partial charge in [0.2, 0.25) is 0 Å². The third kappa shape index (κ3) is 2.44. The van der Waals surface area contributed by atoms with Crippen molar-refractivity contribution >= 4 is 17.4 Å². The van der Waals surface area contributed by atoms with Crippen molar-refractivity contribution in [2.24, 2.45) is 0 Å². The van der Waals surface area contributed by atoms with E-state index in [0.717, 1.165) is 0 Å². The summed E-state index contributed by atoms with van der Waals surface area (Å²) < 4.78 is 13.4. The van der Waals surface area contributed by atoms with Crippen LogP contribution in [0.1, 0.15) is 0 Å². The van der Waals surface area contributed by atoms with Gasteiger partial charge in [0.25, 0.3) is 0 Å². The van der Waals surface area contributed by atoms with E-state index in [1.165, 1.54) is 24.2 Å². The first-order valence-corrected chi connectivity index (χ1v) is 5.06. The van der Waals surface area contributed by atoms with Crippen LogP contribution in [0.4, 0.5) is 10.1 Å². The first-order chi connectivity index (χ1) is 7.25. The lowest BCUT2D eigenvalue weighted by molar-refractivity contribution is 0.602. The quantitative estimate of drug-likeness (QED) is 0.624. The second-order valence-electron chi connectivity index (χ2n) is 2.84. The Morgan fingerprint density at radius 3 is 2.80 bits per heavy atom. The van der Waals surface area contributed by atoms with Crippen molar-refractivity contribution in [3.8, 4) is 0 Å². The summed E-state index contributed by atoms with van der Waals surface area (Å²) in [7, 11) is 0. The molecule has 0 aliphatic carbocycles. The molecule has 0 saturated heterocycles. The molecule has 0 amide bonds. The Morgan fingerprint density at radius 1 is 1.27 bits per heavy atom. The molecular formula is C10H8FN3S. The van der Waals surface area contributed by atoms with Gasteiger partial charge < -0.3 is 5.73 Å². The molecule has 2 N–H and O–H groups in total. The van der Waals surface area contributed by atoms with Crippen molar-refractivity contribution in [2.75, 3.05) is 5.73 Å². The van der Waals surface area contributed by atoms with Crippen LogP contribution >= 0.6 is 11.8 Å². The van der Waals surface area contributed by atoms with Crippen molar-refractivity contribution < 1.29 is 4.39 Å². The molecule has 0 radical (unpaired) electrons. The van der Waals surface area contributed by atoms with E-state index in [1.807, 2.05) is 0 Å². The lowest BCUT2D eigenvalue weighted by Crippen LogP contribution is -1.88. The predicted octanol–water partition coefficient (Wildman–Crippen LogP) is 2.35. The molecule has 15 heavy (non-hydrogen) atoms. The van der Waals surface area contributed by atoms with E-state index in [4.69, 9.17) is 5.73 Å². The molecule has 2 rings (SSSR count). The Labute approximate surface area is 90.6 Å². The summed E-state index contributed by atoms with van der Waals surface area (Å²) in [5, 5.41) is 0.702. The first kappa shape index (κ1) is 9.92. The van der Waals surface area contributed by atoms with Gasteiger partial charge in [0.05, 0.1) is 0 Å². The van der Waals surface area contributed by atoms with Gasteiger partial charge in [-0.3, -0.25) is 0 Å². The number of halogens is 1. The third-order valence-electron chi connectivity index (χ3n) is 1.73. The number of nitrogens with zero attached hydrogens (tertiary/aromatic N) is 2. The van der Waals surface area contributed by atoms with Crippen LogP contribution in [0.15, 0.2) is 46.7 Å². The van der Waals surface area contributed by atoms with Crippen LogP contribution < -0.4 is 5.73 Å². The molecule has 0 bridgehead atoms. The lowest BCUT2D eigenvalue weighted by Gasteiger charge is -2.02. The highest BCUT2D eigenvalue weighted by molar-refractivity contribution is 7.99. The number of anilines is 1. The Hall–Kier alpha value is -1.62. The Kier molecular flexibility index (Phi) is 2.82. The zero-order chi connectivity index (χ0) is 10.7. The van der Waals surface area contributed by atoms with Crippen LogP contribution in [-0.4, -0.2) is 9.97 Å². The van der Waals surface area contributed by atoms with Gasteiger partial charge in [-0.25, -0.2) is 14.4 Å². The standard InChI is InChI=1S/C10H8FN3S/c11-8-5-7(12)1-2-9(8)15-10-3-4-13-6-14-10/h1-6H,12H2. The van der Waals surface area contributed by atoms with Gasteiger partial charge in [0.1, 0.15) is 17.2 Å². The van der Waals surface area contributed by atoms with Crippen LogP contribution in [0.5, 0.6) is 0 Å². The molecule has 3 nitrogen and oxygen atoms in total. The Morgan fingerprint density at radius 2 is 2.13 bits per heavy atom. The maximum atomic E-state index is 13.4. The second kappa shape index (κ2) is 4.27. The molecule has 0 fully saturated rings. The molecule has 0 unspecified atom stereocenters. The molecule has 1 aromatic heterocycles. The zero-order valence-corrected chi connectivity index (χ0v) is 8.54. The number of aromatic nitrogens is 2. The summed E-state index contributed by atoms with van der Waals surface area (Å²) in [6, 6.07) is 6.31. The minimum atomic E-state index is -0.335. The van der Waals surface area contributed by atoms with Crippen molar-refractivity contribution in [2.45, 2.75) is 9.92 Å². The van der Waals surface area contributed by atoms with Crippen LogP contribution in [0.3, 0.4) is 0 Å². The normalized spacial score (nSPS) is 10.2. The summed E-state index contributed by atoms with van der Waals surface area (Å²) in [5.74, 6) is -0.335. The Bertz CT molecular complexity index is 461. The summed E-state index contributed by atoms with van der Waals surface area (Å²) in [5.41, 5.74) is 5.86. The molecule has 0 atom stereocenters. The predicted molar refractivity (Wildman–Crippen MR) is 57.0 cm³/mol. The topological polar surface area (TPSA) is 51.8 Å². The van der Waals surface area contributed by atoms with E-state index in [1.54, 1.807) is 24.4 Å². The molecule has 1 heterocycles. The highest BCUT2D eigenvalue weighted by Gasteiger charge is 2.04. The fourth-order valence-electron chi connectivity index (χ4n) is 1.05. The number of nitrogens with two attached hydrogens (primary N) is 1. The number of nitrogen functional groups attached to an aromatic ring is 1. The highest BCUT2D eigenvalue weighted by atomic mass is 32.2. The lowest BCUT2D eigenvalue weighted by atomic mass is 10.3. The zero-order valence-electron chi connectivity index (χ0n) is 7.72. The molecule has 0 aliphatic rings. The third-order valence-corrected chi connectivity index (χ3v) is 2.73. The minimum Gasteiger partial charge on any atom is -0.399 e. The maximum absolute atomic E-state index is 13.4. The monoisotopic (exact) mass is 221 g/mol. The fourth-order valence-corrected chi connectivity index (χ4v) is 1.80. The summed E-state index contributed by atoms with van der Waals surface area (Å²) >= 11 is 1.24. The van der Waals surface area contributed by atoms with Crippen molar-refractivity contribution in [1.29, 1.82) is 0 Å². The number of benzene rings is 1. The maximum Gasteiger partial charge on any atom is 0.139 e. The van der Waals surface area contributed by atoms with Gasteiger partial charge in [-0.15, -0.1) is 0 Å². The summed E-state index contributed by atoms with van der Waals surface area (Å²) in [6.07, 6.45) is 3.04. The molecule has 0 spiro atoms. The van der Waals surface area contributed by atoms with Gasteiger partial charge in [0.15, 0.2) is 0 Å². The first-order valence-electron chi connectivity index (χ1n) is 4.24. The SMILES string of the molecule is Nc1ccc(Sc2ccncn2)c(F)c1. The summed E-state index contributed by atoms with van der Waals surface area (Å²) in [6.45, 7) is 0. The van der Waals surface area contributed by atoms with Gasteiger partial charge in [0, 0.05) is 16.8 Å². The summed E-state index contributed by atoms with van der Waals surface area (Å²) in [4.78, 5) is 8.28. The average molecular weight is 221 g/mol. The van der Waals surface area contributed by atoms with Gasteiger partial charge >= 0.3 is 0 Å². The van der Waals surface area contributed by atoms with Crippen molar-refractivity contribution in [1.82, 2.24) is 9.97 Å².